The van der Waals surface area contributed by atoms with Crippen LogP contribution in [0.1, 0.15) is 57.8 Å². The first kappa shape index (κ1) is 27.5. The summed E-state index contributed by atoms with van der Waals surface area (Å²) in [6.07, 6.45) is 4.68. The van der Waals surface area contributed by atoms with E-state index in [2.05, 4.69) is 15.5 Å². The van der Waals surface area contributed by atoms with Gasteiger partial charge in [0.25, 0.3) is 11.8 Å². The third-order valence-corrected chi connectivity index (χ3v) is 9.42. The Labute approximate surface area is 253 Å². The quantitative estimate of drug-likeness (QED) is 0.290. The Bertz CT molecular complexity index is 1630. The molecule has 7 heteroatoms. The van der Waals surface area contributed by atoms with E-state index in [0.29, 0.717) is 30.4 Å². The Kier molecular flexibility index (Phi) is 7.49. The molecule has 4 heterocycles. The maximum Gasteiger partial charge on any atom is 0.270 e. The Balaban J connectivity index is 1.13. The highest BCUT2D eigenvalue weighted by molar-refractivity contribution is 6.07. The van der Waals surface area contributed by atoms with Crippen molar-refractivity contribution in [3.05, 3.63) is 107 Å². The zero-order valence-electron chi connectivity index (χ0n) is 24.7. The van der Waals surface area contributed by atoms with Gasteiger partial charge in [-0.05, 0) is 86.3 Å². The van der Waals surface area contributed by atoms with Crippen LogP contribution in [-0.4, -0.2) is 65.5 Å². The molecule has 0 saturated carbocycles. The van der Waals surface area contributed by atoms with Crippen LogP contribution in [0.5, 0.6) is 5.75 Å². The first-order valence-corrected chi connectivity index (χ1v) is 15.5. The summed E-state index contributed by atoms with van der Waals surface area (Å²) in [6, 6.07) is 28.2. The molecule has 2 saturated heterocycles. The fourth-order valence-corrected chi connectivity index (χ4v) is 7.06. The lowest BCUT2D eigenvalue weighted by molar-refractivity contribution is 0.0634. The zero-order valence-corrected chi connectivity index (χ0v) is 24.7. The topological polar surface area (TPSA) is 58.0 Å². The summed E-state index contributed by atoms with van der Waals surface area (Å²) in [6.45, 7) is 4.95. The van der Waals surface area contributed by atoms with E-state index < -0.39 is 0 Å². The maximum absolute atomic E-state index is 14.0. The highest BCUT2D eigenvalue weighted by Gasteiger charge is 2.32. The number of ether oxygens (including phenoxy) is 1. The summed E-state index contributed by atoms with van der Waals surface area (Å²) in [5, 5.41) is 0. The molecule has 2 amide bonds. The average molecular weight is 575 g/mol. The van der Waals surface area contributed by atoms with Crippen LogP contribution in [0.15, 0.2) is 84.9 Å². The number of likely N-dealkylation sites (tertiary alicyclic amines) is 2. The second-order valence-electron chi connectivity index (χ2n) is 11.9. The Hall–Kier alpha value is -4.36. The van der Waals surface area contributed by atoms with Crippen LogP contribution in [0.4, 0.5) is 5.69 Å². The molecule has 7 nitrogen and oxygen atoms in total. The number of para-hydroxylation sites is 2. The van der Waals surface area contributed by atoms with E-state index in [-0.39, 0.29) is 11.8 Å². The van der Waals surface area contributed by atoms with Gasteiger partial charge in [-0.15, -0.1) is 0 Å². The van der Waals surface area contributed by atoms with Crippen LogP contribution in [0, 0.1) is 0 Å². The minimum absolute atomic E-state index is 0.0643. The Morgan fingerprint density at radius 2 is 1.47 bits per heavy atom. The first-order valence-electron chi connectivity index (χ1n) is 15.5. The van der Waals surface area contributed by atoms with E-state index in [1.807, 2.05) is 88.7 Å². The van der Waals surface area contributed by atoms with E-state index in [9.17, 15) is 9.59 Å². The second-order valence-corrected chi connectivity index (χ2v) is 11.9. The zero-order chi connectivity index (χ0) is 29.3. The molecule has 7 rings (SSSR count). The SMILES string of the molecule is COc1ccccc1-c1ccc(C(=O)N2Cc3ccc(C(=O)N4CCC(N5CCCC5)CC4)n3Cc3ccccc32)cc1. The van der Waals surface area contributed by atoms with Gasteiger partial charge in [0.05, 0.1) is 20.2 Å². The van der Waals surface area contributed by atoms with Crippen molar-refractivity contribution in [2.45, 2.75) is 44.8 Å². The van der Waals surface area contributed by atoms with Crippen molar-refractivity contribution in [3.8, 4) is 16.9 Å². The lowest BCUT2D eigenvalue weighted by Crippen LogP contribution is -2.46. The van der Waals surface area contributed by atoms with Crippen molar-refractivity contribution in [3.63, 3.8) is 0 Å². The van der Waals surface area contributed by atoms with Gasteiger partial charge in [0.2, 0.25) is 0 Å². The van der Waals surface area contributed by atoms with Crippen LogP contribution < -0.4 is 9.64 Å². The number of hydrogen-bond donors (Lipinski definition) is 0. The number of nitrogens with zero attached hydrogens (tertiary/aromatic N) is 4. The lowest BCUT2D eigenvalue weighted by Gasteiger charge is -2.36. The van der Waals surface area contributed by atoms with Crippen LogP contribution in [0.3, 0.4) is 0 Å². The number of anilines is 1. The summed E-state index contributed by atoms with van der Waals surface area (Å²) in [5.41, 5.74) is 6.18. The van der Waals surface area contributed by atoms with Crippen molar-refractivity contribution in [2.75, 3.05) is 38.2 Å². The standard InChI is InChI=1S/C36H38N4O3/c1-43-34-11-5-3-9-31(34)26-12-14-27(15-13-26)35(41)40-25-30-16-17-33(39(30)24-28-8-2-4-10-32(28)40)36(42)38-22-18-29(19-23-38)37-20-6-7-21-37/h2-5,8-17,29H,6-7,18-25H2,1H3. The highest BCUT2D eigenvalue weighted by Crippen LogP contribution is 2.33. The van der Waals surface area contributed by atoms with Gasteiger partial charge in [-0.25, -0.2) is 0 Å². The average Bonchev–Trinajstić information content (AvgIpc) is 3.71. The molecule has 3 aromatic carbocycles. The molecule has 0 unspecified atom stereocenters. The molecule has 43 heavy (non-hydrogen) atoms. The van der Waals surface area contributed by atoms with E-state index in [4.69, 9.17) is 4.74 Å². The van der Waals surface area contributed by atoms with Gasteiger partial charge in [0.1, 0.15) is 11.4 Å². The number of aromatic nitrogens is 1. The summed E-state index contributed by atoms with van der Waals surface area (Å²) in [5.74, 6) is 0.825. The third kappa shape index (κ3) is 5.23. The van der Waals surface area contributed by atoms with Gasteiger partial charge in [-0.2, -0.15) is 0 Å². The number of carbonyl (C=O) groups is 2. The number of piperidine rings is 1. The van der Waals surface area contributed by atoms with Gasteiger partial charge in [0.15, 0.2) is 0 Å². The molecule has 3 aliphatic rings. The largest absolute Gasteiger partial charge is 0.496 e. The van der Waals surface area contributed by atoms with Gasteiger partial charge in [0, 0.05) is 41.6 Å². The number of amides is 2. The van der Waals surface area contributed by atoms with Crippen LogP contribution >= 0.6 is 0 Å². The van der Waals surface area contributed by atoms with Crippen molar-refractivity contribution in [2.24, 2.45) is 0 Å². The van der Waals surface area contributed by atoms with Gasteiger partial charge in [-0.1, -0.05) is 48.5 Å². The molecular weight excluding hydrogens is 536 g/mol. The molecule has 0 bridgehead atoms. The molecule has 0 atom stereocenters. The molecule has 3 aliphatic heterocycles. The Morgan fingerprint density at radius 3 is 2.23 bits per heavy atom. The fourth-order valence-electron chi connectivity index (χ4n) is 7.06. The minimum atomic E-state index is -0.0643. The summed E-state index contributed by atoms with van der Waals surface area (Å²) in [7, 11) is 1.67. The van der Waals surface area contributed by atoms with Gasteiger partial charge in [-0.3, -0.25) is 9.59 Å². The molecule has 0 spiro atoms. The number of hydrogen-bond acceptors (Lipinski definition) is 4. The predicted octanol–water partition coefficient (Wildman–Crippen LogP) is 6.07. The first-order chi connectivity index (χ1) is 21.1. The van der Waals surface area contributed by atoms with Crippen LogP contribution in [-0.2, 0) is 13.1 Å². The summed E-state index contributed by atoms with van der Waals surface area (Å²) < 4.78 is 7.65. The van der Waals surface area contributed by atoms with E-state index in [1.165, 1.54) is 25.9 Å². The van der Waals surface area contributed by atoms with E-state index in [1.54, 1.807) is 7.11 Å². The van der Waals surface area contributed by atoms with Gasteiger partial charge >= 0.3 is 0 Å². The second kappa shape index (κ2) is 11.7. The molecule has 0 radical (unpaired) electrons. The molecule has 0 aliphatic carbocycles. The minimum Gasteiger partial charge on any atom is -0.496 e. The van der Waals surface area contributed by atoms with E-state index >= 15 is 0 Å². The third-order valence-electron chi connectivity index (χ3n) is 9.42. The smallest absolute Gasteiger partial charge is 0.270 e. The van der Waals surface area contributed by atoms with Crippen molar-refractivity contribution >= 4 is 17.5 Å². The predicted molar refractivity (Wildman–Crippen MR) is 169 cm³/mol. The Morgan fingerprint density at radius 1 is 0.744 bits per heavy atom. The number of carbonyl (C=O) groups excluding carboxylic acids is 2. The van der Waals surface area contributed by atoms with Gasteiger partial charge < -0.3 is 24.0 Å². The van der Waals surface area contributed by atoms with Crippen molar-refractivity contribution < 1.29 is 14.3 Å². The molecule has 1 aromatic heterocycles. The number of rotatable bonds is 5. The van der Waals surface area contributed by atoms with E-state index in [0.717, 1.165) is 59.8 Å². The summed E-state index contributed by atoms with van der Waals surface area (Å²) in [4.78, 5) is 34.3. The molecule has 220 valence electrons. The normalized spacial score (nSPS) is 17.3. The number of benzene rings is 3. The van der Waals surface area contributed by atoms with Crippen molar-refractivity contribution in [1.29, 1.82) is 0 Å². The molecule has 4 aromatic rings. The van der Waals surface area contributed by atoms with Crippen molar-refractivity contribution in [1.82, 2.24) is 14.4 Å². The number of methoxy groups -OCH3 is 1. The van der Waals surface area contributed by atoms with Crippen LogP contribution in [0.25, 0.3) is 11.1 Å². The molecule has 0 N–H and O–H groups in total. The highest BCUT2D eigenvalue weighted by atomic mass is 16.5. The molecular formula is C36H38N4O3. The fraction of sp³-hybridized carbons (Fsp3) is 0.333. The summed E-state index contributed by atoms with van der Waals surface area (Å²) >= 11 is 0. The number of fused-ring (bicyclic) bond motifs is 2. The molecule has 2 fully saturated rings. The van der Waals surface area contributed by atoms with Crippen LogP contribution in [0.2, 0.25) is 0 Å². The monoisotopic (exact) mass is 574 g/mol. The maximum atomic E-state index is 14.0. The lowest BCUT2D eigenvalue weighted by atomic mass is 10.0.